The summed E-state index contributed by atoms with van der Waals surface area (Å²) in [6.45, 7) is 1.20. The molecule has 0 aromatic rings. The number of carbonyl (C=O) groups excluding carboxylic acids is 2. The maximum atomic E-state index is 11.2. The molecule has 6 nitrogen and oxygen atoms in total. The fraction of sp³-hybridized carbons (Fsp3) is 0.818. The number of nitrogens with one attached hydrogen (secondary N) is 1. The van der Waals surface area contributed by atoms with E-state index in [1.165, 1.54) is 0 Å². The zero-order valence-corrected chi connectivity index (χ0v) is 10.1. The fourth-order valence-corrected chi connectivity index (χ4v) is 0.918. The van der Waals surface area contributed by atoms with Gasteiger partial charge < -0.3 is 20.5 Å². The van der Waals surface area contributed by atoms with E-state index in [2.05, 4.69) is 14.8 Å². The summed E-state index contributed by atoms with van der Waals surface area (Å²) >= 11 is 0. The van der Waals surface area contributed by atoms with Crippen LogP contribution in [0.1, 0.15) is 31.6 Å². The summed E-state index contributed by atoms with van der Waals surface area (Å²) < 4.78 is 40.0. The molecule has 0 amide bonds. The van der Waals surface area contributed by atoms with Crippen molar-refractivity contribution >= 4 is 11.9 Å². The summed E-state index contributed by atoms with van der Waals surface area (Å²) in [6, 6.07) is -1.26. The molecule has 0 aliphatic carbocycles. The maximum absolute atomic E-state index is 11.2. The summed E-state index contributed by atoms with van der Waals surface area (Å²) in [5.74, 6) is -1.37. The molecular weight excluding hydrogens is 224 g/mol. The Kier molecular flexibility index (Phi) is 5.82. The van der Waals surface area contributed by atoms with Gasteiger partial charge in [-0.3, -0.25) is 9.59 Å². The monoisotopic (exact) mass is 250 g/mol. The average molecular weight is 250 g/mol. The van der Waals surface area contributed by atoms with Gasteiger partial charge in [0.2, 0.25) is 0 Å². The lowest BCUT2D eigenvalue weighted by atomic mass is 10.1. The van der Waals surface area contributed by atoms with Crippen LogP contribution in [0.25, 0.3) is 0 Å². The summed E-state index contributed by atoms with van der Waals surface area (Å²) in [5, 5.41) is 2.49. The molecule has 0 bridgehead atoms. The van der Waals surface area contributed by atoms with E-state index in [0.717, 1.165) is 7.11 Å². The van der Waals surface area contributed by atoms with Gasteiger partial charge in [-0.2, -0.15) is 0 Å². The molecule has 6 heteroatoms. The predicted octanol–water partition coefficient (Wildman–Crippen LogP) is -0.190. The molecule has 0 fully saturated rings. The van der Waals surface area contributed by atoms with E-state index in [0.29, 0.717) is 0 Å². The molecule has 0 heterocycles. The van der Waals surface area contributed by atoms with Crippen molar-refractivity contribution in [3.8, 4) is 0 Å². The lowest BCUT2D eigenvalue weighted by Gasteiger charge is -2.08. The third-order valence-corrected chi connectivity index (χ3v) is 1.74. The van der Waals surface area contributed by atoms with E-state index in [9.17, 15) is 9.59 Å². The molecule has 0 aromatic heterocycles. The van der Waals surface area contributed by atoms with Crippen LogP contribution in [0.4, 0.5) is 0 Å². The van der Waals surface area contributed by atoms with E-state index in [4.69, 9.17) is 11.2 Å². The Balaban J connectivity index is 4.50. The van der Waals surface area contributed by atoms with E-state index in [-0.39, 0.29) is 13.2 Å². The van der Waals surface area contributed by atoms with Crippen LogP contribution in [0.5, 0.6) is 0 Å². The van der Waals surface area contributed by atoms with E-state index in [1.807, 2.05) is 0 Å². The molecule has 0 saturated heterocycles. The Morgan fingerprint density at radius 3 is 2.76 bits per heavy atom. The van der Waals surface area contributed by atoms with Gasteiger partial charge in [0.25, 0.3) is 0 Å². The molecule has 0 saturated carbocycles. The molecule has 0 rings (SSSR count). The van der Waals surface area contributed by atoms with Crippen molar-refractivity contribution in [3.05, 3.63) is 0 Å². The Morgan fingerprint density at radius 1 is 1.47 bits per heavy atom. The lowest BCUT2D eigenvalue weighted by Crippen LogP contribution is -2.31. The van der Waals surface area contributed by atoms with Crippen LogP contribution in [0, 0.1) is 0 Å². The van der Waals surface area contributed by atoms with Crippen LogP contribution in [0.2, 0.25) is 0 Å². The first kappa shape index (κ1) is 9.85. The van der Waals surface area contributed by atoms with Gasteiger partial charge in [0, 0.05) is 5.48 Å². The Hall–Kier alpha value is -1.14. The Bertz CT molecular complexity index is 366. The van der Waals surface area contributed by atoms with Crippen LogP contribution < -0.4 is 11.1 Å². The largest absolute Gasteiger partial charge is 0.468 e. The summed E-state index contributed by atoms with van der Waals surface area (Å²) in [7, 11) is 1.12. The van der Waals surface area contributed by atoms with Crippen molar-refractivity contribution in [2.24, 2.45) is 5.73 Å². The highest BCUT2D eigenvalue weighted by molar-refractivity contribution is 5.75. The first-order chi connectivity index (χ1) is 9.57. The van der Waals surface area contributed by atoms with Gasteiger partial charge >= 0.3 is 11.9 Å². The number of hydrogen-bond donors (Lipinski definition) is 2. The second kappa shape index (κ2) is 10.0. The number of nitrogens with two attached hydrogens (primary N) is 1. The number of esters is 2. The molecule has 100 valence electrons. The molecule has 3 N–H and O–H groups in total. The maximum Gasteiger partial charge on any atom is 0.322 e. The van der Waals surface area contributed by atoms with Crippen LogP contribution in [0.3, 0.4) is 0 Å². The predicted molar refractivity (Wildman–Crippen MR) is 63.3 cm³/mol. The Labute approximate surface area is 107 Å². The van der Waals surface area contributed by atoms with Crippen LogP contribution >= 0.6 is 0 Å². The Morgan fingerprint density at radius 2 is 2.18 bits per heavy atom. The molecule has 0 spiro atoms. The minimum absolute atomic E-state index is 0.211. The highest BCUT2D eigenvalue weighted by atomic mass is 16.5. The molecule has 0 aliphatic rings. The number of hydrogen-bond acceptors (Lipinski definition) is 6. The zero-order valence-electron chi connectivity index (χ0n) is 14.1. The highest BCUT2D eigenvalue weighted by Crippen LogP contribution is 1.99. The molecular formula is C11H22N2O4. The first-order valence-corrected chi connectivity index (χ1v) is 5.27. The second-order valence-electron chi connectivity index (χ2n) is 3.10. The van der Waals surface area contributed by atoms with Gasteiger partial charge in [0.05, 0.1) is 20.3 Å². The number of methoxy groups -OCH3 is 1. The van der Waals surface area contributed by atoms with Gasteiger partial charge in [-0.25, -0.2) is 0 Å². The van der Waals surface area contributed by atoms with Crippen molar-refractivity contribution in [2.45, 2.75) is 32.1 Å². The van der Waals surface area contributed by atoms with E-state index >= 15 is 0 Å². The number of ether oxygens (including phenoxy) is 2. The van der Waals surface area contributed by atoms with Gasteiger partial charge in [-0.1, -0.05) is 6.37 Å². The van der Waals surface area contributed by atoms with E-state index in [1.54, 1.807) is 6.92 Å². The van der Waals surface area contributed by atoms with Crippen LogP contribution in [0.15, 0.2) is 0 Å². The summed E-state index contributed by atoms with van der Waals surface area (Å²) in [6.07, 6.45) is -5.23. The third-order valence-electron chi connectivity index (χ3n) is 1.74. The SMILES string of the molecule is [2H]C([2H])(CNCC(=O)OCC)C([2H])([2H])CC(N)C(=O)OC. The number of carbonyl (C=O) groups is 2. The minimum atomic E-state index is -2.37. The fourth-order valence-electron chi connectivity index (χ4n) is 0.918. The normalized spacial score (nSPS) is 17.1. The average Bonchev–Trinajstić information content (AvgIpc) is 2.37. The van der Waals surface area contributed by atoms with Gasteiger partial charge in [0.15, 0.2) is 0 Å². The number of rotatable bonds is 9. The minimum Gasteiger partial charge on any atom is -0.468 e. The van der Waals surface area contributed by atoms with Crippen molar-refractivity contribution in [3.63, 3.8) is 0 Å². The van der Waals surface area contributed by atoms with Crippen molar-refractivity contribution < 1.29 is 24.5 Å². The molecule has 0 aromatic carbocycles. The highest BCUT2D eigenvalue weighted by Gasteiger charge is 2.12. The summed E-state index contributed by atoms with van der Waals surface area (Å²) in [4.78, 5) is 22.3. The van der Waals surface area contributed by atoms with Crippen molar-refractivity contribution in [2.75, 3.05) is 26.8 Å². The van der Waals surface area contributed by atoms with Crippen molar-refractivity contribution in [1.29, 1.82) is 0 Å². The first-order valence-electron chi connectivity index (χ1n) is 7.27. The topological polar surface area (TPSA) is 90.6 Å². The second-order valence-corrected chi connectivity index (χ2v) is 3.10. The third kappa shape index (κ3) is 8.65. The van der Waals surface area contributed by atoms with Crippen LogP contribution in [-0.2, 0) is 19.1 Å². The molecule has 1 unspecified atom stereocenters. The van der Waals surface area contributed by atoms with Gasteiger partial charge in [-0.05, 0) is 26.3 Å². The smallest absolute Gasteiger partial charge is 0.322 e. The molecule has 0 radical (unpaired) electrons. The van der Waals surface area contributed by atoms with E-state index < -0.39 is 43.7 Å². The molecule has 1 atom stereocenters. The lowest BCUT2D eigenvalue weighted by molar-refractivity contribution is -0.142. The van der Waals surface area contributed by atoms with Gasteiger partial charge in [0.1, 0.15) is 6.04 Å². The standard InChI is InChI=1S/C11H22N2O4/c1-3-17-10(14)8-13-7-5-4-6-9(12)11(15)16-2/h9,13H,3-8,12H2,1-2H3/i4D2,5D2. The molecule has 0 aliphatic heterocycles. The van der Waals surface area contributed by atoms with Crippen LogP contribution in [-0.4, -0.2) is 44.8 Å². The molecule has 17 heavy (non-hydrogen) atoms. The zero-order chi connectivity index (χ0) is 16.7. The van der Waals surface area contributed by atoms with Crippen molar-refractivity contribution in [1.82, 2.24) is 5.32 Å². The van der Waals surface area contributed by atoms with Gasteiger partial charge in [-0.15, -0.1) is 0 Å². The quantitative estimate of drug-likeness (QED) is 0.551. The summed E-state index contributed by atoms with van der Waals surface area (Å²) in [5.41, 5.74) is 5.45.